The lowest BCUT2D eigenvalue weighted by Crippen LogP contribution is -2.14. The maximum atomic E-state index is 13.2. The van der Waals surface area contributed by atoms with E-state index in [4.69, 9.17) is 9.15 Å². The number of nitrogens with one attached hydrogen (secondary N) is 1. The van der Waals surface area contributed by atoms with Gasteiger partial charge in [-0.05, 0) is 71.4 Å². The Kier molecular flexibility index (Phi) is 5.68. The Morgan fingerprint density at radius 3 is 2.40 bits per heavy atom. The van der Waals surface area contributed by atoms with Gasteiger partial charge in [0.05, 0.1) is 17.9 Å². The van der Waals surface area contributed by atoms with Gasteiger partial charge in [0, 0.05) is 15.4 Å². The third-order valence-electron chi connectivity index (χ3n) is 4.59. The Bertz CT molecular complexity index is 1230. The number of halogens is 1. The van der Waals surface area contributed by atoms with Crippen LogP contribution in [0.1, 0.15) is 33.4 Å². The molecule has 0 radical (unpaired) electrons. The zero-order chi connectivity index (χ0) is 21.1. The molecule has 1 heterocycles. The molecule has 0 aliphatic rings. The number of ether oxygens (including phenoxy) is 1. The minimum atomic E-state index is -0.338. The number of furan rings is 1. The Balaban J connectivity index is 1.74. The molecule has 6 heteroatoms. The molecule has 0 saturated carbocycles. The first-order valence-corrected chi connectivity index (χ1v) is 10.2. The van der Waals surface area contributed by atoms with E-state index in [1.54, 1.807) is 48.5 Å². The summed E-state index contributed by atoms with van der Waals surface area (Å²) in [5.74, 6) is 0.105. The van der Waals surface area contributed by atoms with Crippen LogP contribution in [0, 0.1) is 0 Å². The molecule has 30 heavy (non-hydrogen) atoms. The molecule has 0 spiro atoms. The van der Waals surface area contributed by atoms with Gasteiger partial charge in [-0.2, -0.15) is 0 Å². The summed E-state index contributed by atoms with van der Waals surface area (Å²) in [6, 6.07) is 21.1. The summed E-state index contributed by atoms with van der Waals surface area (Å²) < 4.78 is 11.9. The molecule has 0 bridgehead atoms. The molecule has 0 aliphatic carbocycles. The lowest BCUT2D eigenvalue weighted by atomic mass is 10.1. The van der Waals surface area contributed by atoms with Crippen LogP contribution in [0.3, 0.4) is 0 Å². The van der Waals surface area contributed by atoms with Gasteiger partial charge in [-0.3, -0.25) is 9.59 Å². The summed E-state index contributed by atoms with van der Waals surface area (Å²) in [4.78, 5) is 26.1. The Labute approximate surface area is 181 Å². The van der Waals surface area contributed by atoms with Crippen molar-refractivity contribution >= 4 is 44.3 Å². The van der Waals surface area contributed by atoms with Crippen LogP contribution in [0.4, 0.5) is 5.69 Å². The number of benzene rings is 3. The third-order valence-corrected chi connectivity index (χ3v) is 5.28. The maximum absolute atomic E-state index is 13.2. The van der Waals surface area contributed by atoms with Gasteiger partial charge >= 0.3 is 0 Å². The number of amides is 1. The monoisotopic (exact) mass is 463 g/mol. The predicted octanol–water partition coefficient (Wildman–Crippen LogP) is 6.08. The van der Waals surface area contributed by atoms with Crippen LogP contribution in [0.5, 0.6) is 5.75 Å². The Morgan fingerprint density at radius 2 is 1.67 bits per heavy atom. The van der Waals surface area contributed by atoms with E-state index in [9.17, 15) is 9.59 Å². The quantitative estimate of drug-likeness (QED) is 0.352. The van der Waals surface area contributed by atoms with Crippen LogP contribution in [0.2, 0.25) is 0 Å². The topological polar surface area (TPSA) is 68.5 Å². The molecule has 1 amide bonds. The molecule has 5 nitrogen and oxygen atoms in total. The van der Waals surface area contributed by atoms with E-state index in [1.165, 1.54) is 0 Å². The van der Waals surface area contributed by atoms with Gasteiger partial charge in [-0.1, -0.05) is 24.3 Å². The fourth-order valence-electron chi connectivity index (χ4n) is 3.16. The van der Waals surface area contributed by atoms with E-state index in [0.717, 1.165) is 0 Å². The molecule has 1 aromatic heterocycles. The molecule has 3 aromatic carbocycles. The zero-order valence-electron chi connectivity index (χ0n) is 16.1. The molecular formula is C24H18BrNO4. The summed E-state index contributed by atoms with van der Waals surface area (Å²) in [6.07, 6.45) is 0. The highest BCUT2D eigenvalue weighted by Crippen LogP contribution is 2.33. The second-order valence-electron chi connectivity index (χ2n) is 6.52. The van der Waals surface area contributed by atoms with Crippen LogP contribution in [-0.4, -0.2) is 18.3 Å². The van der Waals surface area contributed by atoms with Crippen LogP contribution >= 0.6 is 15.9 Å². The second-order valence-corrected chi connectivity index (χ2v) is 7.38. The first kappa shape index (κ1) is 19.9. The van der Waals surface area contributed by atoms with Crippen molar-refractivity contribution in [1.29, 1.82) is 0 Å². The SMILES string of the molecule is CCOc1ccc(C(=O)c2oc3ccccc3c2NC(=O)c2ccccc2Br)cc1. The van der Waals surface area contributed by atoms with Gasteiger partial charge in [-0.25, -0.2) is 0 Å². The second kappa shape index (κ2) is 8.55. The lowest BCUT2D eigenvalue weighted by molar-refractivity contribution is 0.101. The first-order chi connectivity index (χ1) is 14.6. The number of ketones is 1. The molecule has 0 fully saturated rings. The molecule has 1 N–H and O–H groups in total. The molecule has 0 saturated heterocycles. The summed E-state index contributed by atoms with van der Waals surface area (Å²) in [5, 5.41) is 3.52. The summed E-state index contributed by atoms with van der Waals surface area (Å²) in [6.45, 7) is 2.44. The number of para-hydroxylation sites is 1. The standard InChI is InChI=1S/C24H18BrNO4/c1-2-29-16-13-11-15(12-14-16)22(27)23-21(18-8-4-6-10-20(18)30-23)26-24(28)17-7-3-5-9-19(17)25/h3-14H,2H2,1H3,(H,26,28). The van der Waals surface area contributed by atoms with E-state index in [1.807, 2.05) is 31.2 Å². The van der Waals surface area contributed by atoms with Gasteiger partial charge in [0.1, 0.15) is 11.3 Å². The number of hydrogen-bond donors (Lipinski definition) is 1. The molecule has 150 valence electrons. The van der Waals surface area contributed by atoms with E-state index in [-0.39, 0.29) is 17.5 Å². The molecule has 0 atom stereocenters. The van der Waals surface area contributed by atoms with Gasteiger partial charge < -0.3 is 14.5 Å². The number of rotatable bonds is 6. The minimum absolute atomic E-state index is 0.0840. The van der Waals surface area contributed by atoms with Crippen molar-refractivity contribution in [3.63, 3.8) is 0 Å². The largest absolute Gasteiger partial charge is 0.494 e. The van der Waals surface area contributed by atoms with Crippen LogP contribution in [-0.2, 0) is 0 Å². The molecule has 0 aliphatic heterocycles. The summed E-state index contributed by atoms with van der Waals surface area (Å²) in [7, 11) is 0. The van der Waals surface area contributed by atoms with Gasteiger partial charge in [0.2, 0.25) is 5.78 Å². The molecular weight excluding hydrogens is 446 g/mol. The normalized spacial score (nSPS) is 10.7. The smallest absolute Gasteiger partial charge is 0.256 e. The van der Waals surface area contributed by atoms with E-state index in [2.05, 4.69) is 21.2 Å². The highest BCUT2D eigenvalue weighted by molar-refractivity contribution is 9.10. The average Bonchev–Trinajstić information content (AvgIpc) is 3.13. The lowest BCUT2D eigenvalue weighted by Gasteiger charge is -2.08. The summed E-state index contributed by atoms with van der Waals surface area (Å²) >= 11 is 3.39. The van der Waals surface area contributed by atoms with Crippen molar-refractivity contribution in [3.05, 3.63) is 94.2 Å². The highest BCUT2D eigenvalue weighted by atomic mass is 79.9. The third kappa shape index (κ3) is 3.86. The van der Waals surface area contributed by atoms with Gasteiger partial charge in [0.25, 0.3) is 5.91 Å². The number of carbonyl (C=O) groups is 2. The number of fused-ring (bicyclic) bond motifs is 1. The highest BCUT2D eigenvalue weighted by Gasteiger charge is 2.24. The van der Waals surface area contributed by atoms with Gasteiger partial charge in [0.15, 0.2) is 5.76 Å². The number of hydrogen-bond acceptors (Lipinski definition) is 4. The van der Waals surface area contributed by atoms with Crippen molar-refractivity contribution in [1.82, 2.24) is 0 Å². The Hall–Kier alpha value is -3.38. The number of anilines is 1. The van der Waals surface area contributed by atoms with E-state index < -0.39 is 0 Å². The van der Waals surface area contributed by atoms with Crippen LogP contribution < -0.4 is 10.1 Å². The van der Waals surface area contributed by atoms with Crippen molar-refractivity contribution in [2.45, 2.75) is 6.92 Å². The zero-order valence-corrected chi connectivity index (χ0v) is 17.7. The Morgan fingerprint density at radius 1 is 0.967 bits per heavy atom. The van der Waals surface area contributed by atoms with E-state index in [0.29, 0.717) is 44.6 Å². The van der Waals surface area contributed by atoms with Crippen molar-refractivity contribution in [2.24, 2.45) is 0 Å². The number of carbonyl (C=O) groups excluding carboxylic acids is 2. The first-order valence-electron chi connectivity index (χ1n) is 9.43. The van der Waals surface area contributed by atoms with Crippen molar-refractivity contribution in [3.8, 4) is 5.75 Å². The van der Waals surface area contributed by atoms with E-state index >= 15 is 0 Å². The fourth-order valence-corrected chi connectivity index (χ4v) is 3.62. The summed E-state index contributed by atoms with van der Waals surface area (Å²) in [5.41, 5.74) is 1.77. The average molecular weight is 464 g/mol. The molecule has 0 unspecified atom stereocenters. The maximum Gasteiger partial charge on any atom is 0.256 e. The molecule has 4 rings (SSSR count). The van der Waals surface area contributed by atoms with Crippen molar-refractivity contribution in [2.75, 3.05) is 11.9 Å². The molecule has 4 aromatic rings. The predicted molar refractivity (Wildman–Crippen MR) is 119 cm³/mol. The van der Waals surface area contributed by atoms with Crippen LogP contribution in [0.25, 0.3) is 11.0 Å². The van der Waals surface area contributed by atoms with Crippen molar-refractivity contribution < 1.29 is 18.7 Å². The van der Waals surface area contributed by atoms with Gasteiger partial charge in [-0.15, -0.1) is 0 Å². The van der Waals surface area contributed by atoms with Crippen LogP contribution in [0.15, 0.2) is 81.7 Å². The fraction of sp³-hybridized carbons (Fsp3) is 0.0833. The minimum Gasteiger partial charge on any atom is -0.494 e.